The Hall–Kier alpha value is -1.79. The molecule has 1 saturated heterocycles. The van der Waals surface area contributed by atoms with E-state index in [1.165, 1.54) is 5.56 Å². The standard InChI is InChI=1S/C18H22BrN3O2/c1-24-16-5-3-14(4-6-16)13-21-7-2-8-22(10-9-21)18(23)17-11-15(19)12-20-17/h3-6,11-12,20H,2,7-10,13H2,1H3. The summed E-state index contributed by atoms with van der Waals surface area (Å²) in [5, 5.41) is 0. The Morgan fingerprint density at radius 3 is 2.67 bits per heavy atom. The van der Waals surface area contributed by atoms with Crippen LogP contribution in [0.15, 0.2) is 41.0 Å². The Morgan fingerprint density at radius 1 is 1.21 bits per heavy atom. The summed E-state index contributed by atoms with van der Waals surface area (Å²) in [5.74, 6) is 0.954. The van der Waals surface area contributed by atoms with Crippen molar-refractivity contribution in [2.45, 2.75) is 13.0 Å². The van der Waals surface area contributed by atoms with E-state index < -0.39 is 0 Å². The Balaban J connectivity index is 1.57. The van der Waals surface area contributed by atoms with Gasteiger partial charge in [0.05, 0.1) is 7.11 Å². The van der Waals surface area contributed by atoms with Gasteiger partial charge >= 0.3 is 0 Å². The quantitative estimate of drug-likeness (QED) is 0.870. The molecule has 0 unspecified atom stereocenters. The molecule has 1 fully saturated rings. The fourth-order valence-electron chi connectivity index (χ4n) is 2.98. The van der Waals surface area contributed by atoms with E-state index in [1.54, 1.807) is 13.3 Å². The lowest BCUT2D eigenvalue weighted by Crippen LogP contribution is -2.35. The van der Waals surface area contributed by atoms with Crippen LogP contribution in [0.4, 0.5) is 0 Å². The molecule has 128 valence electrons. The number of aromatic amines is 1. The van der Waals surface area contributed by atoms with Crippen molar-refractivity contribution in [1.82, 2.24) is 14.8 Å². The number of hydrogen-bond donors (Lipinski definition) is 1. The minimum Gasteiger partial charge on any atom is -0.497 e. The molecule has 1 aliphatic heterocycles. The molecule has 0 radical (unpaired) electrons. The Bertz CT molecular complexity index is 684. The van der Waals surface area contributed by atoms with Crippen LogP contribution in [0, 0.1) is 0 Å². The number of rotatable bonds is 4. The van der Waals surface area contributed by atoms with Gasteiger partial charge in [-0.15, -0.1) is 0 Å². The average molecular weight is 392 g/mol. The van der Waals surface area contributed by atoms with Gasteiger partial charge in [-0.1, -0.05) is 12.1 Å². The molecule has 1 aromatic heterocycles. The normalized spacial score (nSPS) is 16.0. The number of aromatic nitrogens is 1. The first kappa shape index (κ1) is 17.0. The maximum Gasteiger partial charge on any atom is 0.270 e. The second kappa shape index (κ2) is 7.85. The fourth-order valence-corrected chi connectivity index (χ4v) is 3.33. The maximum absolute atomic E-state index is 12.5. The monoisotopic (exact) mass is 391 g/mol. The maximum atomic E-state index is 12.5. The molecular weight excluding hydrogens is 370 g/mol. The Kier molecular flexibility index (Phi) is 5.58. The van der Waals surface area contributed by atoms with Crippen LogP contribution in [0.1, 0.15) is 22.5 Å². The first-order valence-electron chi connectivity index (χ1n) is 8.14. The van der Waals surface area contributed by atoms with Gasteiger partial charge in [-0.3, -0.25) is 9.69 Å². The molecule has 0 aliphatic carbocycles. The summed E-state index contributed by atoms with van der Waals surface area (Å²) < 4.78 is 6.10. The van der Waals surface area contributed by atoms with Crippen molar-refractivity contribution in [2.75, 3.05) is 33.3 Å². The predicted molar refractivity (Wildman–Crippen MR) is 97.3 cm³/mol. The van der Waals surface area contributed by atoms with Crippen LogP contribution in [0.2, 0.25) is 0 Å². The summed E-state index contributed by atoms with van der Waals surface area (Å²) in [6, 6.07) is 10.0. The van der Waals surface area contributed by atoms with Gasteiger partial charge in [-0.25, -0.2) is 0 Å². The molecule has 1 N–H and O–H groups in total. The molecule has 2 aromatic rings. The highest BCUT2D eigenvalue weighted by molar-refractivity contribution is 9.10. The lowest BCUT2D eigenvalue weighted by molar-refractivity contribution is 0.0756. The summed E-state index contributed by atoms with van der Waals surface area (Å²) in [6.07, 6.45) is 2.78. The summed E-state index contributed by atoms with van der Waals surface area (Å²) in [5.41, 5.74) is 1.91. The zero-order chi connectivity index (χ0) is 16.9. The summed E-state index contributed by atoms with van der Waals surface area (Å²) in [6.45, 7) is 4.35. The number of carbonyl (C=O) groups is 1. The highest BCUT2D eigenvalue weighted by Crippen LogP contribution is 2.16. The highest BCUT2D eigenvalue weighted by Gasteiger charge is 2.21. The average Bonchev–Trinajstić information content (AvgIpc) is 2.90. The summed E-state index contributed by atoms with van der Waals surface area (Å²) in [4.78, 5) is 19.9. The second-order valence-corrected chi connectivity index (χ2v) is 6.92. The van der Waals surface area contributed by atoms with E-state index in [4.69, 9.17) is 4.74 Å². The van der Waals surface area contributed by atoms with Crippen LogP contribution in [0.25, 0.3) is 0 Å². The number of methoxy groups -OCH3 is 1. The van der Waals surface area contributed by atoms with Crippen molar-refractivity contribution in [3.05, 3.63) is 52.3 Å². The third-order valence-electron chi connectivity index (χ3n) is 4.32. The SMILES string of the molecule is COc1ccc(CN2CCCN(C(=O)c3cc(Br)c[nH]3)CC2)cc1. The number of ether oxygens (including phenoxy) is 1. The van der Waals surface area contributed by atoms with E-state index in [0.717, 1.165) is 49.4 Å². The number of benzene rings is 1. The van der Waals surface area contributed by atoms with E-state index in [-0.39, 0.29) is 5.91 Å². The van der Waals surface area contributed by atoms with E-state index in [0.29, 0.717) is 5.69 Å². The van der Waals surface area contributed by atoms with Gasteiger partial charge in [0.2, 0.25) is 0 Å². The highest BCUT2D eigenvalue weighted by atomic mass is 79.9. The summed E-state index contributed by atoms with van der Waals surface area (Å²) >= 11 is 3.38. The topological polar surface area (TPSA) is 48.6 Å². The van der Waals surface area contributed by atoms with E-state index >= 15 is 0 Å². The number of nitrogens with one attached hydrogen (secondary N) is 1. The number of halogens is 1. The van der Waals surface area contributed by atoms with Crippen LogP contribution >= 0.6 is 15.9 Å². The fraction of sp³-hybridized carbons (Fsp3) is 0.389. The Morgan fingerprint density at radius 2 is 2.00 bits per heavy atom. The second-order valence-electron chi connectivity index (χ2n) is 6.00. The minimum atomic E-state index is 0.0759. The van der Waals surface area contributed by atoms with Crippen molar-refractivity contribution >= 4 is 21.8 Å². The van der Waals surface area contributed by atoms with E-state index in [9.17, 15) is 4.79 Å². The molecule has 1 amide bonds. The molecule has 6 heteroatoms. The molecule has 0 spiro atoms. The van der Waals surface area contributed by atoms with Crippen molar-refractivity contribution in [1.29, 1.82) is 0 Å². The zero-order valence-corrected chi connectivity index (χ0v) is 15.4. The molecule has 5 nitrogen and oxygen atoms in total. The third kappa shape index (κ3) is 4.19. The lowest BCUT2D eigenvalue weighted by Gasteiger charge is -2.21. The number of nitrogens with zero attached hydrogens (tertiary/aromatic N) is 2. The van der Waals surface area contributed by atoms with Gasteiger partial charge in [0.25, 0.3) is 5.91 Å². The number of carbonyl (C=O) groups excluding carboxylic acids is 1. The van der Waals surface area contributed by atoms with Crippen LogP contribution in [-0.4, -0.2) is 54.0 Å². The van der Waals surface area contributed by atoms with Gasteiger partial charge in [0.1, 0.15) is 11.4 Å². The molecule has 0 bridgehead atoms. The van der Waals surface area contributed by atoms with Gasteiger partial charge in [0.15, 0.2) is 0 Å². The minimum absolute atomic E-state index is 0.0759. The molecule has 1 aromatic carbocycles. The largest absolute Gasteiger partial charge is 0.497 e. The van der Waals surface area contributed by atoms with Crippen molar-refractivity contribution in [2.24, 2.45) is 0 Å². The van der Waals surface area contributed by atoms with Crippen molar-refractivity contribution < 1.29 is 9.53 Å². The number of hydrogen-bond acceptors (Lipinski definition) is 3. The molecular formula is C18H22BrN3O2. The van der Waals surface area contributed by atoms with Gasteiger partial charge in [-0.05, 0) is 46.1 Å². The first-order valence-corrected chi connectivity index (χ1v) is 8.93. The smallest absolute Gasteiger partial charge is 0.270 e. The third-order valence-corrected chi connectivity index (χ3v) is 4.78. The molecule has 1 aliphatic rings. The number of amides is 1. The number of H-pyrrole nitrogens is 1. The Labute approximate surface area is 150 Å². The lowest BCUT2D eigenvalue weighted by atomic mass is 10.2. The van der Waals surface area contributed by atoms with Crippen LogP contribution in [0.3, 0.4) is 0 Å². The molecule has 3 rings (SSSR count). The van der Waals surface area contributed by atoms with Crippen molar-refractivity contribution in [3.8, 4) is 5.75 Å². The van der Waals surface area contributed by atoms with Gasteiger partial charge < -0.3 is 14.6 Å². The first-order chi connectivity index (χ1) is 11.7. The molecule has 2 heterocycles. The van der Waals surface area contributed by atoms with Crippen LogP contribution in [0.5, 0.6) is 5.75 Å². The molecule has 24 heavy (non-hydrogen) atoms. The predicted octanol–water partition coefficient (Wildman–Crippen LogP) is 3.13. The van der Waals surface area contributed by atoms with Crippen LogP contribution < -0.4 is 4.74 Å². The van der Waals surface area contributed by atoms with Gasteiger partial charge in [0, 0.05) is 43.4 Å². The van der Waals surface area contributed by atoms with Crippen molar-refractivity contribution in [3.63, 3.8) is 0 Å². The molecule has 0 saturated carbocycles. The summed E-state index contributed by atoms with van der Waals surface area (Å²) in [7, 11) is 1.68. The van der Waals surface area contributed by atoms with E-state index in [2.05, 4.69) is 37.9 Å². The zero-order valence-electron chi connectivity index (χ0n) is 13.8. The van der Waals surface area contributed by atoms with Gasteiger partial charge in [-0.2, -0.15) is 0 Å². The van der Waals surface area contributed by atoms with Crippen LogP contribution in [-0.2, 0) is 6.54 Å². The molecule has 0 atom stereocenters. The van der Waals surface area contributed by atoms with E-state index in [1.807, 2.05) is 23.1 Å².